The lowest BCUT2D eigenvalue weighted by atomic mass is 9.82. The Morgan fingerprint density at radius 1 is 1.07 bits per heavy atom. The fourth-order valence-electron chi connectivity index (χ4n) is 2.59. The summed E-state index contributed by atoms with van der Waals surface area (Å²) < 4.78 is 5.91. The first-order valence-electron chi connectivity index (χ1n) is 9.07. The van der Waals surface area contributed by atoms with Crippen molar-refractivity contribution < 1.29 is 9.76 Å². The number of H-pyrrole nitrogens is 1. The normalized spacial score (nSPS) is 12.4. The zero-order chi connectivity index (χ0) is 19.8. The highest BCUT2D eigenvalue weighted by atomic mass is 16.5. The summed E-state index contributed by atoms with van der Waals surface area (Å²) in [4.78, 5) is 9.79. The second-order valence-electron chi connectivity index (χ2n) is 8.11. The monoisotopic (exact) mass is 364 g/mol. The molecule has 1 radical (unpaired) electrons. The number of nitrogens with zero attached hydrogens (tertiary/aromatic N) is 2. The van der Waals surface area contributed by atoms with Crippen molar-refractivity contribution in [2.24, 2.45) is 0 Å². The maximum Gasteiger partial charge on any atom is 0.333 e. The molecule has 0 aliphatic heterocycles. The van der Waals surface area contributed by atoms with Crippen LogP contribution in [0.25, 0.3) is 22.2 Å². The van der Waals surface area contributed by atoms with Gasteiger partial charge in [-0.1, -0.05) is 12.1 Å². The molecule has 6 heteroatoms. The van der Waals surface area contributed by atoms with Gasteiger partial charge in [0.1, 0.15) is 5.65 Å². The Balaban J connectivity index is 1.88. The van der Waals surface area contributed by atoms with Gasteiger partial charge in [0, 0.05) is 36.9 Å². The second kappa shape index (κ2) is 7.02. The van der Waals surface area contributed by atoms with Gasteiger partial charge in [-0.15, -0.1) is 0 Å². The number of aromatic amines is 1. The standard InChI is InChI=1S/C21H27BN3O2/c1-20(2,26)21(3,4)27-22-18-13-24-19-17(18)11-15(12-23-19)14-7-9-16(10-8-14)25(5)6/h7-13,26H,1-6H3,(H,23,24). The van der Waals surface area contributed by atoms with Crippen LogP contribution in [-0.2, 0) is 4.65 Å². The maximum absolute atomic E-state index is 10.3. The molecule has 2 heterocycles. The van der Waals surface area contributed by atoms with Gasteiger partial charge in [-0.25, -0.2) is 4.98 Å². The van der Waals surface area contributed by atoms with Crippen LogP contribution >= 0.6 is 0 Å². The van der Waals surface area contributed by atoms with Gasteiger partial charge in [0.25, 0.3) is 0 Å². The number of aromatic nitrogens is 2. The molecule has 27 heavy (non-hydrogen) atoms. The fourth-order valence-corrected chi connectivity index (χ4v) is 2.59. The summed E-state index contributed by atoms with van der Waals surface area (Å²) in [5, 5.41) is 11.3. The minimum atomic E-state index is -0.965. The van der Waals surface area contributed by atoms with Gasteiger partial charge in [-0.05, 0) is 63.1 Å². The molecule has 3 rings (SSSR count). The Bertz CT molecular complexity index is 925. The fraction of sp³-hybridized carbons (Fsp3) is 0.381. The summed E-state index contributed by atoms with van der Waals surface area (Å²) in [6.45, 7) is 7.23. The molecule has 0 unspecified atom stereocenters. The van der Waals surface area contributed by atoms with E-state index in [1.165, 1.54) is 0 Å². The lowest BCUT2D eigenvalue weighted by molar-refractivity contribution is -0.0893. The van der Waals surface area contributed by atoms with E-state index in [0.717, 1.165) is 33.3 Å². The number of aliphatic hydroxyl groups is 1. The zero-order valence-electron chi connectivity index (χ0n) is 16.9. The number of hydrogen-bond acceptors (Lipinski definition) is 4. The van der Waals surface area contributed by atoms with Gasteiger partial charge in [0.05, 0.1) is 11.2 Å². The first-order chi connectivity index (χ1) is 12.6. The molecule has 0 aliphatic rings. The average Bonchev–Trinajstić information content (AvgIpc) is 3.01. The molecule has 0 spiro atoms. The Kier molecular flexibility index (Phi) is 5.06. The topological polar surface area (TPSA) is 61.4 Å². The quantitative estimate of drug-likeness (QED) is 0.660. The molecule has 141 valence electrons. The predicted octanol–water partition coefficient (Wildman–Crippen LogP) is 3.11. The third-order valence-corrected chi connectivity index (χ3v) is 5.23. The van der Waals surface area contributed by atoms with Crippen LogP contribution in [0.5, 0.6) is 0 Å². The van der Waals surface area contributed by atoms with E-state index in [0.29, 0.717) is 0 Å². The van der Waals surface area contributed by atoms with Gasteiger partial charge >= 0.3 is 7.48 Å². The van der Waals surface area contributed by atoms with E-state index in [-0.39, 0.29) is 0 Å². The maximum atomic E-state index is 10.3. The molecule has 0 amide bonds. The van der Waals surface area contributed by atoms with Crippen molar-refractivity contribution in [1.82, 2.24) is 9.97 Å². The molecule has 5 nitrogen and oxygen atoms in total. The van der Waals surface area contributed by atoms with Gasteiger partial charge in [-0.3, -0.25) is 0 Å². The molecular weight excluding hydrogens is 337 g/mol. The molecular formula is C21H27BN3O2. The van der Waals surface area contributed by atoms with E-state index in [9.17, 15) is 5.11 Å². The smallest absolute Gasteiger partial charge is 0.333 e. The van der Waals surface area contributed by atoms with Crippen molar-refractivity contribution in [3.05, 3.63) is 42.7 Å². The van der Waals surface area contributed by atoms with Crippen LogP contribution in [0, 0.1) is 0 Å². The molecule has 0 fully saturated rings. The van der Waals surface area contributed by atoms with Crippen LogP contribution in [0.4, 0.5) is 5.69 Å². The van der Waals surface area contributed by atoms with Crippen molar-refractivity contribution in [3.8, 4) is 11.1 Å². The van der Waals surface area contributed by atoms with Crippen LogP contribution in [-0.4, -0.2) is 47.9 Å². The first kappa shape index (κ1) is 19.5. The minimum Gasteiger partial charge on any atom is -0.427 e. The number of rotatable bonds is 6. The lowest BCUT2D eigenvalue weighted by Crippen LogP contribution is -2.49. The Morgan fingerprint density at radius 2 is 1.74 bits per heavy atom. The largest absolute Gasteiger partial charge is 0.427 e. The molecule has 2 aromatic heterocycles. The van der Waals surface area contributed by atoms with E-state index in [1.807, 2.05) is 40.3 Å². The Morgan fingerprint density at radius 3 is 2.33 bits per heavy atom. The molecule has 0 saturated carbocycles. The number of anilines is 1. The Labute approximate surface area is 161 Å². The highest BCUT2D eigenvalue weighted by Crippen LogP contribution is 2.26. The van der Waals surface area contributed by atoms with Crippen LogP contribution < -0.4 is 10.4 Å². The van der Waals surface area contributed by atoms with Crippen molar-refractivity contribution in [2.45, 2.75) is 38.9 Å². The van der Waals surface area contributed by atoms with Crippen molar-refractivity contribution in [3.63, 3.8) is 0 Å². The molecule has 0 atom stereocenters. The predicted molar refractivity (Wildman–Crippen MR) is 113 cm³/mol. The van der Waals surface area contributed by atoms with Crippen molar-refractivity contribution >= 4 is 29.7 Å². The highest BCUT2D eigenvalue weighted by Gasteiger charge is 2.35. The molecule has 3 aromatic rings. The summed E-state index contributed by atoms with van der Waals surface area (Å²) in [7, 11) is 5.75. The third-order valence-electron chi connectivity index (χ3n) is 5.23. The number of pyridine rings is 1. The van der Waals surface area contributed by atoms with E-state index in [4.69, 9.17) is 4.65 Å². The second-order valence-corrected chi connectivity index (χ2v) is 8.11. The van der Waals surface area contributed by atoms with Gasteiger partial charge in [-0.2, -0.15) is 0 Å². The number of hydrogen-bond donors (Lipinski definition) is 2. The van der Waals surface area contributed by atoms with Crippen molar-refractivity contribution in [2.75, 3.05) is 19.0 Å². The van der Waals surface area contributed by atoms with E-state index in [1.54, 1.807) is 21.3 Å². The first-order valence-corrected chi connectivity index (χ1v) is 9.07. The lowest BCUT2D eigenvalue weighted by Gasteiger charge is -2.37. The van der Waals surface area contributed by atoms with E-state index < -0.39 is 11.2 Å². The highest BCUT2D eigenvalue weighted by molar-refractivity contribution is 6.51. The summed E-state index contributed by atoms with van der Waals surface area (Å²) in [5.74, 6) is 0. The summed E-state index contributed by atoms with van der Waals surface area (Å²) in [6.07, 6.45) is 3.74. The molecule has 0 aliphatic carbocycles. The van der Waals surface area contributed by atoms with Crippen LogP contribution in [0.3, 0.4) is 0 Å². The van der Waals surface area contributed by atoms with Gasteiger partial charge in [0.2, 0.25) is 0 Å². The zero-order valence-corrected chi connectivity index (χ0v) is 16.9. The minimum absolute atomic E-state index is 0.719. The average molecular weight is 364 g/mol. The summed E-state index contributed by atoms with van der Waals surface area (Å²) >= 11 is 0. The van der Waals surface area contributed by atoms with E-state index in [2.05, 4.69) is 45.2 Å². The van der Waals surface area contributed by atoms with Crippen LogP contribution in [0.2, 0.25) is 0 Å². The summed E-state index contributed by atoms with van der Waals surface area (Å²) in [6, 6.07) is 10.5. The van der Waals surface area contributed by atoms with Crippen LogP contribution in [0.1, 0.15) is 27.7 Å². The molecule has 0 saturated heterocycles. The number of benzene rings is 1. The number of nitrogens with one attached hydrogen (secondary N) is 1. The summed E-state index contributed by atoms with van der Waals surface area (Å²) in [5.41, 5.74) is 3.34. The Hall–Kier alpha value is -2.31. The molecule has 2 N–H and O–H groups in total. The molecule has 1 aromatic carbocycles. The van der Waals surface area contributed by atoms with Gasteiger partial charge in [0.15, 0.2) is 0 Å². The number of fused-ring (bicyclic) bond motifs is 1. The van der Waals surface area contributed by atoms with Crippen molar-refractivity contribution in [1.29, 1.82) is 0 Å². The SMILES string of the molecule is CN(C)c1ccc(-c2cnc3[nH]cc([B]OC(C)(C)C(C)(C)O)c3c2)cc1. The molecule has 0 bridgehead atoms. The van der Waals surface area contributed by atoms with Crippen LogP contribution in [0.15, 0.2) is 42.7 Å². The van der Waals surface area contributed by atoms with E-state index >= 15 is 0 Å². The third kappa shape index (κ3) is 4.02. The van der Waals surface area contributed by atoms with Gasteiger partial charge < -0.3 is 19.6 Å².